The van der Waals surface area contributed by atoms with Crippen LogP contribution in [0.4, 0.5) is 0 Å². The number of amides is 1. The standard InChI is InChI=1S/C20H26N2O2S2/c1-14-18(12-26-13-19(23)21-16-6-4-3-5-7-16)22-20(24-14)15-8-10-17(25-2)11-9-15/h8-11,16H,3-7,12-13H2,1-2H3,(H,21,23). The van der Waals surface area contributed by atoms with E-state index in [0.717, 1.165) is 29.9 Å². The highest BCUT2D eigenvalue weighted by molar-refractivity contribution is 7.99. The van der Waals surface area contributed by atoms with E-state index in [1.807, 2.05) is 19.1 Å². The Bertz CT molecular complexity index is 722. The van der Waals surface area contributed by atoms with Crippen molar-refractivity contribution in [1.29, 1.82) is 0 Å². The van der Waals surface area contributed by atoms with Gasteiger partial charge < -0.3 is 9.73 Å². The van der Waals surface area contributed by atoms with Gasteiger partial charge in [0.15, 0.2) is 0 Å². The molecule has 1 heterocycles. The van der Waals surface area contributed by atoms with Crippen LogP contribution in [0.3, 0.4) is 0 Å². The summed E-state index contributed by atoms with van der Waals surface area (Å²) in [7, 11) is 0. The largest absolute Gasteiger partial charge is 0.441 e. The van der Waals surface area contributed by atoms with Crippen LogP contribution in [0.1, 0.15) is 43.6 Å². The third-order valence-electron chi connectivity index (χ3n) is 4.67. The minimum atomic E-state index is 0.135. The Morgan fingerprint density at radius 3 is 2.65 bits per heavy atom. The zero-order valence-corrected chi connectivity index (χ0v) is 17.0. The van der Waals surface area contributed by atoms with E-state index in [1.165, 1.54) is 24.2 Å². The first-order chi connectivity index (χ1) is 12.7. The number of hydrogen-bond donors (Lipinski definition) is 1. The summed E-state index contributed by atoms with van der Waals surface area (Å²) in [6.07, 6.45) is 8.07. The van der Waals surface area contributed by atoms with E-state index in [9.17, 15) is 4.79 Å². The Hall–Kier alpha value is -1.40. The van der Waals surface area contributed by atoms with Crippen LogP contribution in [-0.2, 0) is 10.5 Å². The van der Waals surface area contributed by atoms with Crippen molar-refractivity contribution < 1.29 is 9.21 Å². The smallest absolute Gasteiger partial charge is 0.230 e. The zero-order chi connectivity index (χ0) is 18.4. The van der Waals surface area contributed by atoms with Crippen molar-refractivity contribution in [3.63, 3.8) is 0 Å². The Kier molecular flexibility index (Phi) is 7.08. The van der Waals surface area contributed by atoms with Crippen molar-refractivity contribution in [2.45, 2.75) is 55.7 Å². The van der Waals surface area contributed by atoms with Crippen LogP contribution in [0.25, 0.3) is 11.5 Å². The fourth-order valence-corrected chi connectivity index (χ4v) is 4.42. The Morgan fingerprint density at radius 2 is 1.96 bits per heavy atom. The molecule has 0 spiro atoms. The lowest BCUT2D eigenvalue weighted by molar-refractivity contribution is -0.119. The second-order valence-corrected chi connectivity index (χ2v) is 8.51. The Morgan fingerprint density at radius 1 is 1.23 bits per heavy atom. The van der Waals surface area contributed by atoms with Gasteiger partial charge in [-0.15, -0.1) is 23.5 Å². The molecule has 0 saturated heterocycles. The molecule has 26 heavy (non-hydrogen) atoms. The van der Waals surface area contributed by atoms with Crippen LogP contribution in [0.2, 0.25) is 0 Å². The number of carbonyl (C=O) groups is 1. The van der Waals surface area contributed by atoms with Crippen LogP contribution >= 0.6 is 23.5 Å². The molecular formula is C20H26N2O2S2. The lowest BCUT2D eigenvalue weighted by Crippen LogP contribution is -2.37. The van der Waals surface area contributed by atoms with Crippen LogP contribution in [-0.4, -0.2) is 28.9 Å². The molecule has 6 heteroatoms. The first-order valence-corrected chi connectivity index (χ1v) is 11.5. The predicted octanol–water partition coefficient (Wildman–Crippen LogP) is 5.05. The van der Waals surface area contributed by atoms with Crippen molar-refractivity contribution >= 4 is 29.4 Å². The van der Waals surface area contributed by atoms with Gasteiger partial charge in [-0.1, -0.05) is 19.3 Å². The molecule has 0 unspecified atom stereocenters. The van der Waals surface area contributed by atoms with Gasteiger partial charge >= 0.3 is 0 Å². The van der Waals surface area contributed by atoms with Crippen molar-refractivity contribution in [1.82, 2.24) is 10.3 Å². The highest BCUT2D eigenvalue weighted by atomic mass is 32.2. The van der Waals surface area contributed by atoms with Gasteiger partial charge in [0.2, 0.25) is 11.8 Å². The number of nitrogens with one attached hydrogen (secondary N) is 1. The number of rotatable bonds is 7. The van der Waals surface area contributed by atoms with Gasteiger partial charge in [0.05, 0.1) is 11.4 Å². The second kappa shape index (κ2) is 9.51. The number of thioether (sulfide) groups is 2. The topological polar surface area (TPSA) is 55.1 Å². The van der Waals surface area contributed by atoms with Gasteiger partial charge in [0, 0.05) is 22.3 Å². The SMILES string of the molecule is CSc1ccc(-c2nc(CSCC(=O)NC3CCCCC3)c(C)o2)cc1. The van der Waals surface area contributed by atoms with E-state index in [0.29, 0.717) is 23.4 Å². The third-order valence-corrected chi connectivity index (χ3v) is 6.36. The van der Waals surface area contributed by atoms with Gasteiger partial charge in [-0.2, -0.15) is 0 Å². The van der Waals surface area contributed by atoms with Crippen LogP contribution in [0.5, 0.6) is 0 Å². The average molecular weight is 391 g/mol. The van der Waals surface area contributed by atoms with Gasteiger partial charge in [0.25, 0.3) is 0 Å². The molecule has 2 aromatic rings. The van der Waals surface area contributed by atoms with Gasteiger partial charge in [0.1, 0.15) is 5.76 Å². The molecule has 0 atom stereocenters. The molecule has 0 radical (unpaired) electrons. The first kappa shape index (κ1) is 19.4. The maximum absolute atomic E-state index is 12.1. The van der Waals surface area contributed by atoms with E-state index >= 15 is 0 Å². The molecule has 1 fully saturated rings. The molecule has 3 rings (SSSR count). The molecule has 1 saturated carbocycles. The highest BCUT2D eigenvalue weighted by Gasteiger charge is 2.16. The number of aromatic nitrogens is 1. The van der Waals surface area contributed by atoms with E-state index in [4.69, 9.17) is 4.42 Å². The van der Waals surface area contributed by atoms with Crippen LogP contribution in [0, 0.1) is 6.92 Å². The maximum Gasteiger partial charge on any atom is 0.230 e. The summed E-state index contributed by atoms with van der Waals surface area (Å²) in [6.45, 7) is 1.94. The van der Waals surface area contributed by atoms with Gasteiger partial charge in [-0.05, 0) is 50.3 Å². The summed E-state index contributed by atoms with van der Waals surface area (Å²) in [5.41, 5.74) is 1.90. The molecular weight excluding hydrogens is 364 g/mol. The number of carbonyl (C=O) groups excluding carboxylic acids is 1. The summed E-state index contributed by atoms with van der Waals surface area (Å²) < 4.78 is 5.82. The van der Waals surface area contributed by atoms with Crippen molar-refractivity contribution in [2.24, 2.45) is 0 Å². The number of aryl methyl sites for hydroxylation is 1. The number of oxazole rings is 1. The zero-order valence-electron chi connectivity index (χ0n) is 15.4. The monoisotopic (exact) mass is 390 g/mol. The van der Waals surface area contributed by atoms with Crippen molar-refractivity contribution in [2.75, 3.05) is 12.0 Å². The van der Waals surface area contributed by atoms with Crippen molar-refractivity contribution in [3.8, 4) is 11.5 Å². The fourth-order valence-electron chi connectivity index (χ4n) is 3.18. The molecule has 0 bridgehead atoms. The van der Waals surface area contributed by atoms with Crippen molar-refractivity contribution in [3.05, 3.63) is 35.7 Å². The Labute approximate surface area is 163 Å². The molecule has 4 nitrogen and oxygen atoms in total. The van der Waals surface area contributed by atoms with E-state index < -0.39 is 0 Å². The predicted molar refractivity (Wildman–Crippen MR) is 110 cm³/mol. The maximum atomic E-state index is 12.1. The lowest BCUT2D eigenvalue weighted by Gasteiger charge is -2.22. The normalized spacial score (nSPS) is 15.2. The van der Waals surface area contributed by atoms with Gasteiger partial charge in [-0.3, -0.25) is 4.79 Å². The van der Waals surface area contributed by atoms with E-state index in [1.54, 1.807) is 23.5 Å². The summed E-state index contributed by atoms with van der Waals surface area (Å²) in [6, 6.07) is 8.59. The van der Waals surface area contributed by atoms with Crippen LogP contribution in [0.15, 0.2) is 33.6 Å². The molecule has 1 aliphatic rings. The quantitative estimate of drug-likeness (QED) is 0.670. The minimum absolute atomic E-state index is 0.135. The first-order valence-electron chi connectivity index (χ1n) is 9.13. The summed E-state index contributed by atoms with van der Waals surface area (Å²) in [5, 5.41) is 3.16. The molecule has 1 aromatic heterocycles. The van der Waals surface area contributed by atoms with Crippen LogP contribution < -0.4 is 5.32 Å². The molecule has 1 aliphatic carbocycles. The molecule has 1 amide bonds. The number of nitrogens with zero attached hydrogens (tertiary/aromatic N) is 1. The molecule has 0 aliphatic heterocycles. The third kappa shape index (κ3) is 5.30. The lowest BCUT2D eigenvalue weighted by atomic mass is 9.95. The minimum Gasteiger partial charge on any atom is -0.441 e. The van der Waals surface area contributed by atoms with E-state index in [2.05, 4.69) is 28.7 Å². The summed E-state index contributed by atoms with van der Waals surface area (Å²) >= 11 is 3.31. The average Bonchev–Trinajstić information content (AvgIpc) is 3.03. The number of hydrogen-bond acceptors (Lipinski definition) is 5. The second-order valence-electron chi connectivity index (χ2n) is 6.65. The highest BCUT2D eigenvalue weighted by Crippen LogP contribution is 2.26. The number of benzene rings is 1. The van der Waals surface area contributed by atoms with Gasteiger partial charge in [-0.25, -0.2) is 4.98 Å². The molecule has 1 N–H and O–H groups in total. The summed E-state index contributed by atoms with van der Waals surface area (Å²) in [5.74, 6) is 2.78. The molecule has 140 valence electrons. The fraction of sp³-hybridized carbons (Fsp3) is 0.500. The van der Waals surface area contributed by atoms with E-state index in [-0.39, 0.29) is 5.91 Å². The Balaban J connectivity index is 1.50. The molecule has 1 aromatic carbocycles. The summed E-state index contributed by atoms with van der Waals surface area (Å²) in [4.78, 5) is 17.9.